The van der Waals surface area contributed by atoms with Crippen LogP contribution >= 0.6 is 0 Å². The van der Waals surface area contributed by atoms with Crippen molar-refractivity contribution in [1.29, 1.82) is 0 Å². The molecule has 1 aliphatic rings. The highest BCUT2D eigenvalue weighted by Crippen LogP contribution is 2.31. The van der Waals surface area contributed by atoms with Gasteiger partial charge < -0.3 is 0 Å². The Morgan fingerprint density at radius 2 is 1.50 bits per heavy atom. The van der Waals surface area contributed by atoms with Gasteiger partial charge in [0.05, 0.1) is 0 Å². The van der Waals surface area contributed by atoms with Gasteiger partial charge >= 0.3 is 0 Å². The summed E-state index contributed by atoms with van der Waals surface area (Å²) in [6.45, 7) is 0. The van der Waals surface area contributed by atoms with Gasteiger partial charge in [-0.3, -0.25) is 4.79 Å². The fourth-order valence-corrected chi connectivity index (χ4v) is 2.93. The predicted molar refractivity (Wildman–Crippen MR) is 82.3 cm³/mol. The van der Waals surface area contributed by atoms with Crippen molar-refractivity contribution in [1.82, 2.24) is 0 Å². The molecule has 0 spiro atoms. The van der Waals surface area contributed by atoms with Gasteiger partial charge in [-0.25, -0.2) is 0 Å². The number of allylic oxidation sites excluding steroid dienone is 2. The number of carbonyl (C=O) groups excluding carboxylic acids is 1. The lowest BCUT2D eigenvalue weighted by molar-refractivity contribution is -0.115. The Balaban J connectivity index is 1.77. The minimum absolute atomic E-state index is 0.260. The molecule has 0 saturated heterocycles. The van der Waals surface area contributed by atoms with Gasteiger partial charge in [-0.1, -0.05) is 60.7 Å². The molecule has 0 bridgehead atoms. The quantitative estimate of drug-likeness (QED) is 0.806. The average molecular weight is 262 g/mol. The Morgan fingerprint density at radius 1 is 0.850 bits per heavy atom. The molecule has 0 fully saturated rings. The Morgan fingerprint density at radius 3 is 2.20 bits per heavy atom. The van der Waals surface area contributed by atoms with Gasteiger partial charge in [0.1, 0.15) is 0 Å². The van der Waals surface area contributed by atoms with E-state index in [0.29, 0.717) is 12.3 Å². The zero-order valence-corrected chi connectivity index (χ0v) is 11.5. The standard InChI is InChI=1S/C19H18O/c20-19-13-16(11-15-7-3-1-4-8-15)12-18(14-19)17-9-5-2-6-10-17/h1-10,14,16H,11-13H2. The van der Waals surface area contributed by atoms with Crippen LogP contribution < -0.4 is 0 Å². The minimum atomic E-state index is 0.260. The Hall–Kier alpha value is -2.15. The van der Waals surface area contributed by atoms with E-state index in [1.54, 1.807) is 0 Å². The van der Waals surface area contributed by atoms with Crippen molar-refractivity contribution < 1.29 is 4.79 Å². The number of carbonyl (C=O) groups is 1. The molecule has 0 aliphatic heterocycles. The molecule has 0 saturated carbocycles. The Bertz CT molecular complexity index is 611. The molecule has 0 N–H and O–H groups in total. The third-order valence-electron chi connectivity index (χ3n) is 3.85. The van der Waals surface area contributed by atoms with Crippen molar-refractivity contribution in [3.05, 3.63) is 77.9 Å². The first-order chi connectivity index (χ1) is 9.81. The number of benzene rings is 2. The molecular weight excluding hydrogens is 244 g/mol. The van der Waals surface area contributed by atoms with Crippen LogP contribution in [0.2, 0.25) is 0 Å². The fourth-order valence-electron chi connectivity index (χ4n) is 2.93. The highest BCUT2D eigenvalue weighted by molar-refractivity contribution is 5.98. The average Bonchev–Trinajstić information content (AvgIpc) is 2.49. The van der Waals surface area contributed by atoms with Crippen LogP contribution in [0.4, 0.5) is 0 Å². The van der Waals surface area contributed by atoms with E-state index in [4.69, 9.17) is 0 Å². The lowest BCUT2D eigenvalue weighted by Crippen LogP contribution is -2.16. The zero-order valence-electron chi connectivity index (χ0n) is 11.5. The van der Waals surface area contributed by atoms with Crippen molar-refractivity contribution in [2.75, 3.05) is 0 Å². The minimum Gasteiger partial charge on any atom is -0.295 e. The monoisotopic (exact) mass is 262 g/mol. The number of hydrogen-bond acceptors (Lipinski definition) is 1. The van der Waals surface area contributed by atoms with Gasteiger partial charge in [-0.2, -0.15) is 0 Å². The molecule has 0 amide bonds. The van der Waals surface area contributed by atoms with E-state index in [1.807, 2.05) is 30.3 Å². The van der Waals surface area contributed by atoms with Crippen LogP contribution in [0.5, 0.6) is 0 Å². The van der Waals surface area contributed by atoms with Gasteiger partial charge in [-0.15, -0.1) is 0 Å². The molecule has 100 valence electrons. The molecule has 0 heterocycles. The second-order valence-electron chi connectivity index (χ2n) is 5.47. The van der Waals surface area contributed by atoms with Crippen molar-refractivity contribution in [3.8, 4) is 0 Å². The first-order valence-electron chi connectivity index (χ1n) is 7.14. The van der Waals surface area contributed by atoms with Crippen molar-refractivity contribution in [2.24, 2.45) is 5.92 Å². The largest absolute Gasteiger partial charge is 0.295 e. The van der Waals surface area contributed by atoms with E-state index in [-0.39, 0.29) is 5.78 Å². The maximum atomic E-state index is 12.0. The van der Waals surface area contributed by atoms with Crippen LogP contribution in [-0.2, 0) is 11.2 Å². The molecule has 1 aliphatic carbocycles. The molecule has 3 rings (SSSR count). The molecule has 0 radical (unpaired) electrons. The lowest BCUT2D eigenvalue weighted by atomic mass is 9.82. The van der Waals surface area contributed by atoms with Gasteiger partial charge in [-0.05, 0) is 41.5 Å². The Labute approximate surface area is 120 Å². The maximum Gasteiger partial charge on any atom is 0.156 e. The second kappa shape index (κ2) is 5.87. The molecule has 1 heteroatoms. The van der Waals surface area contributed by atoms with E-state index in [2.05, 4.69) is 36.4 Å². The molecule has 2 aromatic carbocycles. The first-order valence-corrected chi connectivity index (χ1v) is 7.14. The van der Waals surface area contributed by atoms with Crippen molar-refractivity contribution >= 4 is 11.4 Å². The first kappa shape index (κ1) is 12.9. The van der Waals surface area contributed by atoms with E-state index in [9.17, 15) is 4.79 Å². The zero-order chi connectivity index (χ0) is 13.8. The molecule has 1 nitrogen and oxygen atoms in total. The van der Waals surface area contributed by atoms with E-state index in [1.165, 1.54) is 16.7 Å². The summed E-state index contributed by atoms with van der Waals surface area (Å²) >= 11 is 0. The molecule has 1 atom stereocenters. The summed E-state index contributed by atoms with van der Waals surface area (Å²) in [5, 5.41) is 0. The maximum absolute atomic E-state index is 12.0. The second-order valence-corrected chi connectivity index (χ2v) is 5.47. The predicted octanol–water partition coefficient (Wildman–Crippen LogP) is 4.29. The smallest absolute Gasteiger partial charge is 0.156 e. The van der Waals surface area contributed by atoms with Crippen LogP contribution in [0, 0.1) is 5.92 Å². The van der Waals surface area contributed by atoms with E-state index in [0.717, 1.165) is 12.8 Å². The van der Waals surface area contributed by atoms with E-state index >= 15 is 0 Å². The number of rotatable bonds is 3. The summed E-state index contributed by atoms with van der Waals surface area (Å²) in [4.78, 5) is 12.0. The topological polar surface area (TPSA) is 17.1 Å². The lowest BCUT2D eigenvalue weighted by Gasteiger charge is -2.22. The van der Waals surface area contributed by atoms with Crippen molar-refractivity contribution in [2.45, 2.75) is 19.3 Å². The molecule has 2 aromatic rings. The SMILES string of the molecule is O=C1C=C(c2ccccc2)CC(Cc2ccccc2)C1. The third-order valence-corrected chi connectivity index (χ3v) is 3.85. The molecule has 1 unspecified atom stereocenters. The van der Waals surface area contributed by atoms with Gasteiger partial charge in [0.2, 0.25) is 0 Å². The number of ketones is 1. The van der Waals surface area contributed by atoms with E-state index < -0.39 is 0 Å². The highest BCUT2D eigenvalue weighted by Gasteiger charge is 2.21. The van der Waals surface area contributed by atoms with Crippen LogP contribution in [0.1, 0.15) is 24.0 Å². The third kappa shape index (κ3) is 3.05. The normalized spacial score (nSPS) is 18.7. The molecule has 20 heavy (non-hydrogen) atoms. The molecular formula is C19H18O. The summed E-state index contributed by atoms with van der Waals surface area (Å²) in [6, 6.07) is 20.7. The van der Waals surface area contributed by atoms with Crippen molar-refractivity contribution in [3.63, 3.8) is 0 Å². The van der Waals surface area contributed by atoms with Crippen LogP contribution in [0.15, 0.2) is 66.7 Å². The summed E-state index contributed by atoms with van der Waals surface area (Å²) in [7, 11) is 0. The fraction of sp³-hybridized carbons (Fsp3) is 0.211. The summed E-state index contributed by atoms with van der Waals surface area (Å²) in [6.07, 6.45) is 4.48. The highest BCUT2D eigenvalue weighted by atomic mass is 16.1. The molecule has 0 aromatic heterocycles. The van der Waals surface area contributed by atoms with Gasteiger partial charge in [0, 0.05) is 6.42 Å². The summed E-state index contributed by atoms with van der Waals surface area (Å²) in [5.74, 6) is 0.682. The van der Waals surface area contributed by atoms with Gasteiger partial charge in [0.25, 0.3) is 0 Å². The van der Waals surface area contributed by atoms with Crippen LogP contribution in [0.3, 0.4) is 0 Å². The van der Waals surface area contributed by atoms with Crippen LogP contribution in [0.25, 0.3) is 5.57 Å². The number of hydrogen-bond donors (Lipinski definition) is 0. The summed E-state index contributed by atoms with van der Waals surface area (Å²) < 4.78 is 0. The Kier molecular flexibility index (Phi) is 3.78. The van der Waals surface area contributed by atoms with Crippen LogP contribution in [-0.4, -0.2) is 5.78 Å². The van der Waals surface area contributed by atoms with Gasteiger partial charge in [0.15, 0.2) is 5.78 Å². The summed E-state index contributed by atoms with van der Waals surface area (Å²) in [5.41, 5.74) is 3.68.